The van der Waals surface area contributed by atoms with Crippen molar-refractivity contribution in [1.29, 1.82) is 0 Å². The van der Waals surface area contributed by atoms with Crippen molar-refractivity contribution >= 4 is 0 Å². The third-order valence-corrected chi connectivity index (χ3v) is 5.97. The molecule has 0 saturated carbocycles. The number of hydrogen-bond acceptors (Lipinski definition) is 2. The van der Waals surface area contributed by atoms with Gasteiger partial charge in [-0.1, -0.05) is 129 Å². The van der Waals surface area contributed by atoms with Crippen LogP contribution in [-0.2, 0) is 0 Å². The molecule has 0 bridgehead atoms. The minimum atomic E-state index is 0.372. The lowest BCUT2D eigenvalue weighted by atomic mass is 10.0. The van der Waals surface area contributed by atoms with Crippen LogP contribution in [0.5, 0.6) is 0 Å². The molecule has 2 heteroatoms. The quantitative estimate of drug-likeness (QED) is 0.152. The van der Waals surface area contributed by atoms with Gasteiger partial charge in [-0.25, -0.2) is 0 Å². The van der Waals surface area contributed by atoms with Gasteiger partial charge in [-0.2, -0.15) is 0 Å². The Bertz CT molecular complexity index is 231. The van der Waals surface area contributed by atoms with Gasteiger partial charge in [0, 0.05) is 6.61 Å². The average Bonchev–Trinajstić information content (AvgIpc) is 2.71. The predicted molar refractivity (Wildman–Crippen MR) is 127 cm³/mol. The number of unbranched alkanes of at least 4 members (excludes halogenated alkanes) is 20. The fourth-order valence-electron chi connectivity index (χ4n) is 3.99. The third kappa shape index (κ3) is 25.9. The van der Waals surface area contributed by atoms with Crippen LogP contribution in [0.2, 0.25) is 0 Å². The Morgan fingerprint density at radius 1 is 0.393 bits per heavy atom. The van der Waals surface area contributed by atoms with Crippen LogP contribution in [0.3, 0.4) is 0 Å². The van der Waals surface area contributed by atoms with Crippen molar-refractivity contribution in [2.75, 3.05) is 19.7 Å². The molecule has 170 valence electrons. The van der Waals surface area contributed by atoms with Gasteiger partial charge < -0.3 is 10.4 Å². The first-order valence-electron chi connectivity index (χ1n) is 13.2. The molecule has 2 nitrogen and oxygen atoms in total. The van der Waals surface area contributed by atoms with Crippen molar-refractivity contribution in [1.82, 2.24) is 5.32 Å². The van der Waals surface area contributed by atoms with Crippen LogP contribution in [0, 0.1) is 0 Å². The number of nitrogens with one attached hydrogen (secondary N) is 1. The summed E-state index contributed by atoms with van der Waals surface area (Å²) in [5.74, 6) is 0. The van der Waals surface area contributed by atoms with E-state index in [0.29, 0.717) is 6.61 Å². The molecule has 0 rings (SSSR count). The first-order chi connectivity index (χ1) is 13.9. The smallest absolute Gasteiger partial charge is 0.0431 e. The summed E-state index contributed by atoms with van der Waals surface area (Å²) in [4.78, 5) is 0. The minimum absolute atomic E-state index is 0.372. The van der Waals surface area contributed by atoms with Gasteiger partial charge in [0.05, 0.1) is 0 Å². The second-order valence-electron chi connectivity index (χ2n) is 8.90. The van der Waals surface area contributed by atoms with Gasteiger partial charge in [-0.3, -0.25) is 0 Å². The predicted octanol–water partition coefficient (Wildman–Crippen LogP) is 8.17. The molecule has 0 heterocycles. The molecule has 0 aliphatic heterocycles. The van der Waals surface area contributed by atoms with E-state index in [0.717, 1.165) is 6.42 Å². The lowest BCUT2D eigenvalue weighted by molar-refractivity contribution is 0.282. The highest BCUT2D eigenvalue weighted by Crippen LogP contribution is 2.14. The summed E-state index contributed by atoms with van der Waals surface area (Å²) < 4.78 is 0. The molecule has 0 aliphatic rings. The molecule has 0 fully saturated rings. The monoisotopic (exact) mass is 397 g/mol. The van der Waals surface area contributed by atoms with Crippen LogP contribution < -0.4 is 5.32 Å². The van der Waals surface area contributed by atoms with Crippen LogP contribution in [0.25, 0.3) is 0 Å². The Morgan fingerprint density at radius 2 is 0.679 bits per heavy atom. The highest BCUT2D eigenvalue weighted by molar-refractivity contribution is 4.52. The second-order valence-corrected chi connectivity index (χ2v) is 8.90. The zero-order valence-electron chi connectivity index (χ0n) is 19.6. The first kappa shape index (κ1) is 27.9. The maximum Gasteiger partial charge on any atom is 0.0431 e. The largest absolute Gasteiger partial charge is 0.396 e. The van der Waals surface area contributed by atoms with Gasteiger partial charge in [0.2, 0.25) is 0 Å². The summed E-state index contributed by atoms with van der Waals surface area (Å²) in [6, 6.07) is 0. The molecule has 0 aromatic rings. The molecular formula is C26H55NO. The SMILES string of the molecule is CCCCCCNCCCCCCCCCCCCCCCCCCCCO. The van der Waals surface area contributed by atoms with Crippen LogP contribution in [0.15, 0.2) is 0 Å². The Labute approximate surface area is 178 Å². The van der Waals surface area contributed by atoms with Crippen molar-refractivity contribution in [2.45, 2.75) is 148 Å². The Hall–Kier alpha value is -0.0800. The van der Waals surface area contributed by atoms with E-state index in [1.807, 2.05) is 0 Å². The van der Waals surface area contributed by atoms with Crippen molar-refractivity contribution in [3.05, 3.63) is 0 Å². The van der Waals surface area contributed by atoms with Gasteiger partial charge in [-0.15, -0.1) is 0 Å². The van der Waals surface area contributed by atoms with Gasteiger partial charge >= 0.3 is 0 Å². The molecule has 0 spiro atoms. The molecule has 0 radical (unpaired) electrons. The molecule has 0 aromatic carbocycles. The standard InChI is InChI=1S/C26H55NO/c1-2-3-4-21-24-27-25-22-19-17-15-13-11-9-7-5-6-8-10-12-14-16-18-20-23-26-28/h27-28H,2-26H2,1H3. The fraction of sp³-hybridized carbons (Fsp3) is 1.00. The molecule has 0 amide bonds. The summed E-state index contributed by atoms with van der Waals surface area (Å²) in [7, 11) is 0. The number of aliphatic hydroxyl groups excluding tert-OH is 1. The van der Waals surface area contributed by atoms with Crippen molar-refractivity contribution < 1.29 is 5.11 Å². The maximum absolute atomic E-state index is 8.74. The highest BCUT2D eigenvalue weighted by Gasteiger charge is 1.95. The second kappa shape index (κ2) is 26.9. The summed E-state index contributed by atoms with van der Waals surface area (Å²) in [6.07, 6.45) is 30.6. The Kier molecular flexibility index (Phi) is 26.8. The third-order valence-electron chi connectivity index (χ3n) is 5.97. The summed E-state index contributed by atoms with van der Waals surface area (Å²) in [5.41, 5.74) is 0. The zero-order chi connectivity index (χ0) is 20.4. The highest BCUT2D eigenvalue weighted by atomic mass is 16.2. The lowest BCUT2D eigenvalue weighted by Crippen LogP contribution is -2.16. The van der Waals surface area contributed by atoms with E-state index in [-0.39, 0.29) is 0 Å². The summed E-state index contributed by atoms with van der Waals surface area (Å²) >= 11 is 0. The number of aliphatic hydroxyl groups is 1. The van der Waals surface area contributed by atoms with Gasteiger partial charge in [-0.05, 0) is 32.4 Å². The van der Waals surface area contributed by atoms with E-state index in [4.69, 9.17) is 5.11 Å². The summed E-state index contributed by atoms with van der Waals surface area (Å²) in [6.45, 7) is 5.11. The number of hydrogen-bond donors (Lipinski definition) is 2. The average molecular weight is 398 g/mol. The molecule has 0 atom stereocenters. The van der Waals surface area contributed by atoms with E-state index in [2.05, 4.69) is 12.2 Å². The Balaban J connectivity index is 2.96. The zero-order valence-corrected chi connectivity index (χ0v) is 19.6. The molecule has 2 N–H and O–H groups in total. The van der Waals surface area contributed by atoms with E-state index < -0.39 is 0 Å². The molecule has 0 unspecified atom stereocenters. The Morgan fingerprint density at radius 3 is 1.00 bits per heavy atom. The van der Waals surface area contributed by atoms with Gasteiger partial charge in [0.15, 0.2) is 0 Å². The van der Waals surface area contributed by atoms with Crippen LogP contribution in [0.4, 0.5) is 0 Å². The van der Waals surface area contributed by atoms with E-state index in [1.165, 1.54) is 148 Å². The maximum atomic E-state index is 8.74. The molecule has 0 aliphatic carbocycles. The van der Waals surface area contributed by atoms with E-state index in [9.17, 15) is 0 Å². The van der Waals surface area contributed by atoms with Crippen LogP contribution >= 0.6 is 0 Å². The molecule has 0 saturated heterocycles. The van der Waals surface area contributed by atoms with Crippen LogP contribution in [-0.4, -0.2) is 24.8 Å². The molecular weight excluding hydrogens is 342 g/mol. The minimum Gasteiger partial charge on any atom is -0.396 e. The lowest BCUT2D eigenvalue weighted by Gasteiger charge is -2.05. The first-order valence-corrected chi connectivity index (χ1v) is 13.2. The summed E-state index contributed by atoms with van der Waals surface area (Å²) in [5, 5.41) is 12.3. The van der Waals surface area contributed by atoms with Gasteiger partial charge in [0.25, 0.3) is 0 Å². The van der Waals surface area contributed by atoms with Gasteiger partial charge in [0.1, 0.15) is 0 Å². The normalized spacial score (nSPS) is 11.4. The van der Waals surface area contributed by atoms with Crippen LogP contribution in [0.1, 0.15) is 148 Å². The molecule has 28 heavy (non-hydrogen) atoms. The van der Waals surface area contributed by atoms with Crippen molar-refractivity contribution in [3.63, 3.8) is 0 Å². The van der Waals surface area contributed by atoms with E-state index in [1.54, 1.807) is 0 Å². The fourth-order valence-corrected chi connectivity index (χ4v) is 3.99. The topological polar surface area (TPSA) is 32.3 Å². The molecule has 0 aromatic heterocycles. The van der Waals surface area contributed by atoms with E-state index >= 15 is 0 Å². The number of rotatable bonds is 25. The van der Waals surface area contributed by atoms with Crippen molar-refractivity contribution in [2.24, 2.45) is 0 Å². The van der Waals surface area contributed by atoms with Crippen molar-refractivity contribution in [3.8, 4) is 0 Å².